The van der Waals surface area contributed by atoms with Crippen molar-refractivity contribution in [3.05, 3.63) is 11.4 Å². The van der Waals surface area contributed by atoms with Gasteiger partial charge < -0.3 is 11.1 Å². The van der Waals surface area contributed by atoms with E-state index in [1.807, 2.05) is 27.7 Å². The minimum absolute atomic E-state index is 0.00236. The highest BCUT2D eigenvalue weighted by molar-refractivity contribution is 5.93. The first-order valence-corrected chi connectivity index (χ1v) is 6.49. The Morgan fingerprint density at radius 3 is 2.56 bits per heavy atom. The lowest BCUT2D eigenvalue weighted by Crippen LogP contribution is -2.22. The summed E-state index contributed by atoms with van der Waals surface area (Å²) in [5.41, 5.74) is 8.21. The van der Waals surface area contributed by atoms with Gasteiger partial charge in [-0.2, -0.15) is 5.10 Å². The third-order valence-corrected chi connectivity index (χ3v) is 3.12. The number of amides is 1. The van der Waals surface area contributed by atoms with Crippen molar-refractivity contribution in [2.45, 2.75) is 53.0 Å². The monoisotopic (exact) mass is 252 g/mol. The minimum atomic E-state index is -0.00236. The van der Waals surface area contributed by atoms with Crippen molar-refractivity contribution in [3.63, 3.8) is 0 Å². The van der Waals surface area contributed by atoms with E-state index in [1.54, 1.807) is 0 Å². The summed E-state index contributed by atoms with van der Waals surface area (Å²) >= 11 is 0. The number of aromatic amines is 1. The number of carbonyl (C=O) groups is 1. The molecule has 2 unspecified atom stereocenters. The lowest BCUT2D eigenvalue weighted by atomic mass is 10.0. The molecule has 1 aromatic heterocycles. The number of hydrogen-bond acceptors (Lipinski definition) is 3. The van der Waals surface area contributed by atoms with Gasteiger partial charge in [-0.1, -0.05) is 13.3 Å². The highest BCUT2D eigenvalue weighted by Crippen LogP contribution is 2.18. The van der Waals surface area contributed by atoms with E-state index in [9.17, 15) is 4.79 Å². The minimum Gasteiger partial charge on any atom is -0.328 e. The first kappa shape index (κ1) is 14.7. The Balaban J connectivity index is 2.45. The molecule has 0 fully saturated rings. The maximum atomic E-state index is 12.0. The van der Waals surface area contributed by atoms with Crippen LogP contribution in [-0.4, -0.2) is 22.1 Å². The van der Waals surface area contributed by atoms with Crippen molar-refractivity contribution in [1.29, 1.82) is 0 Å². The van der Waals surface area contributed by atoms with E-state index >= 15 is 0 Å². The van der Waals surface area contributed by atoms with E-state index in [0.29, 0.717) is 0 Å². The molecule has 0 saturated carbocycles. The van der Waals surface area contributed by atoms with Crippen LogP contribution >= 0.6 is 0 Å². The summed E-state index contributed by atoms with van der Waals surface area (Å²) in [6, 6.07) is 0.207. The fourth-order valence-electron chi connectivity index (χ4n) is 1.86. The summed E-state index contributed by atoms with van der Waals surface area (Å²) in [7, 11) is 0. The van der Waals surface area contributed by atoms with Crippen molar-refractivity contribution < 1.29 is 4.79 Å². The Bertz CT molecular complexity index is 378. The summed E-state index contributed by atoms with van der Waals surface area (Å²) in [4.78, 5) is 12.0. The predicted octanol–water partition coefficient (Wildman–Crippen LogP) is 2.12. The number of rotatable bonds is 6. The standard InChI is InChI=1S/C13H24N4O/c1-8(6-5-7-9(2)14)13(18)15-12-10(3)16-17-11(12)4/h8-9H,5-7,14H2,1-4H3,(H,15,18)(H,16,17). The largest absolute Gasteiger partial charge is 0.328 e. The molecule has 102 valence electrons. The van der Waals surface area contributed by atoms with E-state index < -0.39 is 0 Å². The zero-order chi connectivity index (χ0) is 13.7. The molecule has 0 aromatic carbocycles. The van der Waals surface area contributed by atoms with Crippen LogP contribution in [0.3, 0.4) is 0 Å². The van der Waals surface area contributed by atoms with Gasteiger partial charge in [0.05, 0.1) is 17.1 Å². The van der Waals surface area contributed by atoms with Gasteiger partial charge in [-0.3, -0.25) is 9.89 Å². The van der Waals surface area contributed by atoms with E-state index in [2.05, 4.69) is 15.5 Å². The SMILES string of the molecule is Cc1n[nH]c(C)c1NC(=O)C(C)CCCC(C)N. The number of carbonyl (C=O) groups excluding carboxylic acids is 1. The molecule has 2 atom stereocenters. The van der Waals surface area contributed by atoms with Crippen LogP contribution in [0.5, 0.6) is 0 Å². The van der Waals surface area contributed by atoms with Crippen LogP contribution in [-0.2, 0) is 4.79 Å². The van der Waals surface area contributed by atoms with Crippen LogP contribution < -0.4 is 11.1 Å². The second-order valence-electron chi connectivity index (χ2n) is 5.11. The van der Waals surface area contributed by atoms with Gasteiger partial charge in [-0.05, 0) is 33.6 Å². The Morgan fingerprint density at radius 2 is 2.06 bits per heavy atom. The number of nitrogens with two attached hydrogens (primary N) is 1. The van der Waals surface area contributed by atoms with Crippen LogP contribution in [0.15, 0.2) is 0 Å². The molecule has 0 saturated heterocycles. The van der Waals surface area contributed by atoms with Crippen LogP contribution in [0.25, 0.3) is 0 Å². The second kappa shape index (κ2) is 6.54. The summed E-state index contributed by atoms with van der Waals surface area (Å²) in [6.07, 6.45) is 2.81. The van der Waals surface area contributed by atoms with Crippen molar-refractivity contribution >= 4 is 11.6 Å². The number of anilines is 1. The highest BCUT2D eigenvalue weighted by atomic mass is 16.1. The quantitative estimate of drug-likeness (QED) is 0.725. The molecule has 1 rings (SSSR count). The number of nitrogens with zero attached hydrogens (tertiary/aromatic N) is 1. The van der Waals surface area contributed by atoms with Crippen LogP contribution in [0.4, 0.5) is 5.69 Å². The van der Waals surface area contributed by atoms with Crippen molar-refractivity contribution in [2.24, 2.45) is 11.7 Å². The van der Waals surface area contributed by atoms with E-state index in [4.69, 9.17) is 5.73 Å². The molecule has 1 amide bonds. The summed E-state index contributed by atoms with van der Waals surface area (Å²) < 4.78 is 0. The fourth-order valence-corrected chi connectivity index (χ4v) is 1.86. The number of hydrogen-bond donors (Lipinski definition) is 3. The topological polar surface area (TPSA) is 83.8 Å². The van der Waals surface area contributed by atoms with Crippen molar-refractivity contribution in [2.75, 3.05) is 5.32 Å². The van der Waals surface area contributed by atoms with Crippen LogP contribution in [0.2, 0.25) is 0 Å². The Kier molecular flexibility index (Phi) is 5.34. The lowest BCUT2D eigenvalue weighted by molar-refractivity contribution is -0.119. The normalized spacial score (nSPS) is 14.3. The number of aryl methyl sites for hydroxylation is 2. The lowest BCUT2D eigenvalue weighted by Gasteiger charge is -2.13. The molecule has 4 N–H and O–H groups in total. The number of nitrogens with one attached hydrogen (secondary N) is 2. The zero-order valence-corrected chi connectivity index (χ0v) is 11.7. The predicted molar refractivity (Wildman–Crippen MR) is 73.4 cm³/mol. The zero-order valence-electron chi connectivity index (χ0n) is 11.7. The van der Waals surface area contributed by atoms with E-state index in [0.717, 1.165) is 36.3 Å². The van der Waals surface area contributed by atoms with Gasteiger partial charge in [0.1, 0.15) is 0 Å². The first-order valence-electron chi connectivity index (χ1n) is 6.49. The molecule has 0 radical (unpaired) electrons. The average Bonchev–Trinajstić information content (AvgIpc) is 2.60. The summed E-state index contributed by atoms with van der Waals surface area (Å²) in [5, 5.41) is 9.85. The van der Waals surface area contributed by atoms with Gasteiger partial charge in [0.2, 0.25) is 5.91 Å². The van der Waals surface area contributed by atoms with Gasteiger partial charge in [-0.15, -0.1) is 0 Å². The molecule has 5 nitrogen and oxygen atoms in total. The Hall–Kier alpha value is -1.36. The molecular formula is C13H24N4O. The summed E-state index contributed by atoms with van der Waals surface area (Å²) in [5.74, 6) is 0.0460. The summed E-state index contributed by atoms with van der Waals surface area (Å²) in [6.45, 7) is 7.71. The molecule has 18 heavy (non-hydrogen) atoms. The molecular weight excluding hydrogens is 228 g/mol. The maximum absolute atomic E-state index is 12.0. The maximum Gasteiger partial charge on any atom is 0.227 e. The number of H-pyrrole nitrogens is 1. The third kappa shape index (κ3) is 4.14. The number of aromatic nitrogens is 2. The van der Waals surface area contributed by atoms with Gasteiger partial charge in [0, 0.05) is 12.0 Å². The van der Waals surface area contributed by atoms with Gasteiger partial charge in [-0.25, -0.2) is 0 Å². The smallest absolute Gasteiger partial charge is 0.227 e. The second-order valence-corrected chi connectivity index (χ2v) is 5.11. The molecule has 0 bridgehead atoms. The Labute approximate surface area is 109 Å². The van der Waals surface area contributed by atoms with Gasteiger partial charge >= 0.3 is 0 Å². The average molecular weight is 252 g/mol. The van der Waals surface area contributed by atoms with Crippen LogP contribution in [0, 0.1) is 19.8 Å². The molecule has 0 spiro atoms. The van der Waals surface area contributed by atoms with Gasteiger partial charge in [0.25, 0.3) is 0 Å². The fraction of sp³-hybridized carbons (Fsp3) is 0.692. The molecule has 0 aliphatic heterocycles. The third-order valence-electron chi connectivity index (χ3n) is 3.12. The molecule has 1 heterocycles. The highest BCUT2D eigenvalue weighted by Gasteiger charge is 2.16. The molecule has 5 heteroatoms. The Morgan fingerprint density at radius 1 is 1.39 bits per heavy atom. The first-order chi connectivity index (χ1) is 8.41. The van der Waals surface area contributed by atoms with Crippen molar-refractivity contribution in [1.82, 2.24) is 10.2 Å². The molecule has 0 aliphatic carbocycles. The van der Waals surface area contributed by atoms with E-state index in [1.165, 1.54) is 0 Å². The molecule has 0 aliphatic rings. The van der Waals surface area contributed by atoms with Crippen molar-refractivity contribution in [3.8, 4) is 0 Å². The van der Waals surface area contributed by atoms with Crippen LogP contribution in [0.1, 0.15) is 44.5 Å². The van der Waals surface area contributed by atoms with E-state index in [-0.39, 0.29) is 17.9 Å². The molecule has 1 aromatic rings. The van der Waals surface area contributed by atoms with Gasteiger partial charge in [0.15, 0.2) is 0 Å².